The van der Waals surface area contributed by atoms with Gasteiger partial charge < -0.3 is 10.0 Å². The fourth-order valence-corrected chi connectivity index (χ4v) is 4.74. The SMILES string of the molecule is CCc1ccc(C2/C(=C(/O)c3ccc(Cl)cc3)C(=O)C(=O)N2C2CCCCC2)cc1. The van der Waals surface area contributed by atoms with Crippen LogP contribution in [0.2, 0.25) is 5.02 Å². The highest BCUT2D eigenvalue weighted by molar-refractivity contribution is 6.46. The van der Waals surface area contributed by atoms with Crippen LogP contribution in [0.1, 0.15) is 61.8 Å². The summed E-state index contributed by atoms with van der Waals surface area (Å²) in [4.78, 5) is 28.0. The first-order valence-corrected chi connectivity index (χ1v) is 11.0. The van der Waals surface area contributed by atoms with Gasteiger partial charge >= 0.3 is 0 Å². The van der Waals surface area contributed by atoms with Crippen LogP contribution in [-0.2, 0) is 16.0 Å². The molecule has 1 heterocycles. The molecule has 4 rings (SSSR count). The van der Waals surface area contributed by atoms with Crippen molar-refractivity contribution < 1.29 is 14.7 Å². The number of carbonyl (C=O) groups excluding carboxylic acids is 2. The van der Waals surface area contributed by atoms with Gasteiger partial charge in [0.1, 0.15) is 5.76 Å². The Balaban J connectivity index is 1.85. The summed E-state index contributed by atoms with van der Waals surface area (Å²) in [6.07, 6.45) is 5.93. The van der Waals surface area contributed by atoms with E-state index in [2.05, 4.69) is 6.92 Å². The molecule has 156 valence electrons. The Morgan fingerprint density at radius 2 is 1.63 bits per heavy atom. The van der Waals surface area contributed by atoms with Crippen molar-refractivity contribution in [3.05, 3.63) is 75.8 Å². The van der Waals surface area contributed by atoms with Gasteiger partial charge in [-0.25, -0.2) is 0 Å². The minimum Gasteiger partial charge on any atom is -0.507 e. The molecule has 1 aliphatic heterocycles. The smallest absolute Gasteiger partial charge is 0.295 e. The number of ketones is 1. The second kappa shape index (κ2) is 8.65. The standard InChI is InChI=1S/C25H26ClNO3/c1-2-16-8-10-17(11-9-16)22-21(23(28)18-12-14-19(26)15-13-18)24(29)25(30)27(22)20-6-4-3-5-7-20/h8-15,20,22,28H,2-7H2,1H3/b23-21-. The molecule has 2 fully saturated rings. The first kappa shape index (κ1) is 20.7. The number of benzene rings is 2. The molecule has 1 atom stereocenters. The van der Waals surface area contributed by atoms with Crippen LogP contribution in [0.25, 0.3) is 5.76 Å². The molecule has 1 saturated heterocycles. The number of Topliss-reactive ketones (excluding diaryl/α,β-unsaturated/α-hetero) is 1. The van der Waals surface area contributed by atoms with E-state index < -0.39 is 17.7 Å². The van der Waals surface area contributed by atoms with E-state index in [4.69, 9.17) is 11.6 Å². The molecule has 1 N–H and O–H groups in total. The number of aryl methyl sites for hydroxylation is 1. The van der Waals surface area contributed by atoms with E-state index in [1.807, 2.05) is 24.3 Å². The Morgan fingerprint density at radius 1 is 1.00 bits per heavy atom. The summed E-state index contributed by atoms with van der Waals surface area (Å²) < 4.78 is 0. The van der Waals surface area contributed by atoms with Crippen LogP contribution >= 0.6 is 11.6 Å². The van der Waals surface area contributed by atoms with Gasteiger partial charge in [0.05, 0.1) is 11.6 Å². The lowest BCUT2D eigenvalue weighted by atomic mass is 9.90. The lowest BCUT2D eigenvalue weighted by Gasteiger charge is -2.35. The average molecular weight is 424 g/mol. The van der Waals surface area contributed by atoms with Gasteiger partial charge in [-0.1, -0.05) is 62.1 Å². The minimum atomic E-state index is -0.613. The van der Waals surface area contributed by atoms with Crippen molar-refractivity contribution in [2.75, 3.05) is 0 Å². The molecule has 0 aromatic heterocycles. The first-order chi connectivity index (χ1) is 14.5. The van der Waals surface area contributed by atoms with Gasteiger partial charge in [-0.05, 0) is 54.7 Å². The third kappa shape index (κ3) is 3.77. The van der Waals surface area contributed by atoms with E-state index in [0.29, 0.717) is 10.6 Å². The van der Waals surface area contributed by atoms with Crippen molar-refractivity contribution in [2.45, 2.75) is 57.5 Å². The van der Waals surface area contributed by atoms with Crippen molar-refractivity contribution >= 4 is 29.1 Å². The second-order valence-corrected chi connectivity index (χ2v) is 8.54. The number of likely N-dealkylation sites (tertiary alicyclic amines) is 1. The molecule has 4 nitrogen and oxygen atoms in total. The molecule has 1 amide bonds. The highest BCUT2D eigenvalue weighted by Crippen LogP contribution is 2.43. The largest absolute Gasteiger partial charge is 0.507 e. The molecule has 1 aliphatic carbocycles. The van der Waals surface area contributed by atoms with Crippen molar-refractivity contribution in [1.29, 1.82) is 0 Å². The number of amides is 1. The van der Waals surface area contributed by atoms with Gasteiger partial charge in [0.2, 0.25) is 0 Å². The van der Waals surface area contributed by atoms with E-state index in [1.165, 1.54) is 5.56 Å². The number of aliphatic hydroxyl groups is 1. The highest BCUT2D eigenvalue weighted by atomic mass is 35.5. The van der Waals surface area contributed by atoms with Gasteiger partial charge in [0.15, 0.2) is 0 Å². The van der Waals surface area contributed by atoms with Gasteiger partial charge in [-0.15, -0.1) is 0 Å². The maximum atomic E-state index is 13.1. The van der Waals surface area contributed by atoms with Crippen molar-refractivity contribution in [1.82, 2.24) is 4.90 Å². The second-order valence-electron chi connectivity index (χ2n) is 8.10. The monoisotopic (exact) mass is 423 g/mol. The Hall–Kier alpha value is -2.59. The van der Waals surface area contributed by atoms with Crippen LogP contribution in [0.5, 0.6) is 0 Å². The van der Waals surface area contributed by atoms with Gasteiger partial charge in [-0.2, -0.15) is 0 Å². The molecule has 0 bridgehead atoms. The number of aliphatic hydroxyl groups excluding tert-OH is 1. The normalized spacial score (nSPS) is 21.9. The molecule has 2 aromatic rings. The zero-order valence-corrected chi connectivity index (χ0v) is 17.9. The van der Waals surface area contributed by atoms with E-state index in [0.717, 1.165) is 44.1 Å². The molecule has 2 aromatic carbocycles. The number of nitrogens with zero attached hydrogens (tertiary/aromatic N) is 1. The van der Waals surface area contributed by atoms with Crippen molar-refractivity contribution in [3.8, 4) is 0 Å². The fourth-order valence-electron chi connectivity index (χ4n) is 4.61. The molecule has 1 unspecified atom stereocenters. The topological polar surface area (TPSA) is 57.6 Å². The van der Waals surface area contributed by atoms with Crippen LogP contribution in [0.3, 0.4) is 0 Å². The van der Waals surface area contributed by atoms with Crippen molar-refractivity contribution in [2.24, 2.45) is 0 Å². The predicted octanol–water partition coefficient (Wildman–Crippen LogP) is 5.66. The Morgan fingerprint density at radius 3 is 2.23 bits per heavy atom. The minimum absolute atomic E-state index is 0.0153. The maximum absolute atomic E-state index is 13.1. The average Bonchev–Trinajstić information content (AvgIpc) is 3.05. The summed E-state index contributed by atoms with van der Waals surface area (Å²) in [5.74, 6) is -1.27. The number of hydrogen-bond acceptors (Lipinski definition) is 3. The van der Waals surface area contributed by atoms with E-state index in [-0.39, 0.29) is 17.4 Å². The molecule has 0 radical (unpaired) electrons. The lowest BCUT2D eigenvalue weighted by Crippen LogP contribution is -2.40. The van der Waals surface area contributed by atoms with Crippen LogP contribution in [0.15, 0.2) is 54.1 Å². The summed E-state index contributed by atoms with van der Waals surface area (Å²) in [6.45, 7) is 2.09. The lowest BCUT2D eigenvalue weighted by molar-refractivity contribution is -0.141. The van der Waals surface area contributed by atoms with Gasteiger partial charge in [0.25, 0.3) is 11.7 Å². The quantitative estimate of drug-likeness (QED) is 0.392. The summed E-state index contributed by atoms with van der Waals surface area (Å²) in [5.41, 5.74) is 2.69. The van der Waals surface area contributed by atoms with Crippen molar-refractivity contribution in [3.63, 3.8) is 0 Å². The molecule has 30 heavy (non-hydrogen) atoms. The van der Waals surface area contributed by atoms with Crippen LogP contribution < -0.4 is 0 Å². The van der Waals surface area contributed by atoms with Crippen LogP contribution in [-0.4, -0.2) is 27.7 Å². The van der Waals surface area contributed by atoms with E-state index in [1.54, 1.807) is 29.2 Å². The summed E-state index contributed by atoms with van der Waals surface area (Å²) in [6, 6.07) is 14.1. The Kier molecular flexibility index (Phi) is 5.96. The molecule has 1 saturated carbocycles. The fraction of sp³-hybridized carbons (Fsp3) is 0.360. The third-order valence-electron chi connectivity index (χ3n) is 6.27. The first-order valence-electron chi connectivity index (χ1n) is 10.7. The van der Waals surface area contributed by atoms with Gasteiger partial charge in [-0.3, -0.25) is 9.59 Å². The third-order valence-corrected chi connectivity index (χ3v) is 6.52. The van der Waals surface area contributed by atoms with Gasteiger partial charge in [0, 0.05) is 16.6 Å². The summed E-state index contributed by atoms with van der Waals surface area (Å²) in [7, 11) is 0. The summed E-state index contributed by atoms with van der Waals surface area (Å²) >= 11 is 5.98. The van der Waals surface area contributed by atoms with Crippen LogP contribution in [0, 0.1) is 0 Å². The molecule has 5 heteroatoms. The van der Waals surface area contributed by atoms with E-state index in [9.17, 15) is 14.7 Å². The molecular formula is C25H26ClNO3. The molecule has 0 spiro atoms. The maximum Gasteiger partial charge on any atom is 0.295 e. The Bertz CT molecular complexity index is 972. The highest BCUT2D eigenvalue weighted by Gasteiger charge is 2.48. The Labute approximate surface area is 182 Å². The number of halogens is 1. The number of hydrogen-bond donors (Lipinski definition) is 1. The van der Waals surface area contributed by atoms with Crippen LogP contribution in [0.4, 0.5) is 0 Å². The molecule has 2 aliphatic rings. The number of carbonyl (C=O) groups is 2. The predicted molar refractivity (Wildman–Crippen MR) is 118 cm³/mol. The van der Waals surface area contributed by atoms with E-state index >= 15 is 0 Å². The zero-order valence-electron chi connectivity index (χ0n) is 17.1. The number of rotatable bonds is 4. The molecular weight excluding hydrogens is 398 g/mol. The zero-order chi connectivity index (χ0) is 21.3. The summed E-state index contributed by atoms with van der Waals surface area (Å²) in [5, 5.41) is 11.6.